The Labute approximate surface area is 198 Å². The van der Waals surface area contributed by atoms with Gasteiger partial charge in [-0.3, -0.25) is 9.69 Å². The zero-order chi connectivity index (χ0) is 24.3. The van der Waals surface area contributed by atoms with Crippen molar-refractivity contribution in [2.24, 2.45) is 0 Å². The number of carbonyl (C=O) groups excluding carboxylic acids is 1. The molecule has 0 N–H and O–H groups in total. The van der Waals surface area contributed by atoms with Crippen molar-refractivity contribution in [1.29, 1.82) is 0 Å². The molecule has 0 aliphatic carbocycles. The number of hydrogen-bond acceptors (Lipinski definition) is 4. The smallest absolute Gasteiger partial charge is 0.336 e. The molecule has 4 rings (SSSR count). The quantitative estimate of drug-likeness (QED) is 0.633. The molecule has 0 bridgehead atoms. The predicted octanol–water partition coefficient (Wildman–Crippen LogP) is 3.84. The molecule has 0 saturated carbocycles. The third-order valence-corrected chi connectivity index (χ3v) is 8.28. The molecule has 0 unspecified atom stereocenters. The fourth-order valence-corrected chi connectivity index (χ4v) is 5.96. The van der Waals surface area contributed by atoms with Gasteiger partial charge < -0.3 is 4.90 Å². The van der Waals surface area contributed by atoms with Crippen molar-refractivity contribution in [3.63, 3.8) is 0 Å². The third-order valence-electron chi connectivity index (χ3n) is 6.38. The lowest BCUT2D eigenvalue weighted by Gasteiger charge is -2.35. The summed E-state index contributed by atoms with van der Waals surface area (Å²) in [5.41, 5.74) is 0.453. The van der Waals surface area contributed by atoms with E-state index < -0.39 is 21.8 Å². The molecule has 34 heavy (non-hydrogen) atoms. The fraction of sp³-hybridized carbons (Fsp3) is 0.458. The maximum atomic E-state index is 13.0. The summed E-state index contributed by atoms with van der Waals surface area (Å²) in [7, 11) is -3.62. The molecular weight excluding hydrogens is 467 g/mol. The topological polar surface area (TPSA) is 60.9 Å². The number of amides is 1. The van der Waals surface area contributed by atoms with E-state index >= 15 is 0 Å². The van der Waals surface area contributed by atoms with E-state index in [-0.39, 0.29) is 10.8 Å². The SMILES string of the molecule is O=C(c1cccc(S(=O)(=O)N2CCCCC2)c1)N1CCN(Cc2ccc(C(F)(F)F)cc2)CC1. The van der Waals surface area contributed by atoms with Gasteiger partial charge in [-0.1, -0.05) is 24.6 Å². The average Bonchev–Trinajstić information content (AvgIpc) is 2.84. The maximum absolute atomic E-state index is 13.0. The van der Waals surface area contributed by atoms with Crippen LogP contribution >= 0.6 is 0 Å². The van der Waals surface area contributed by atoms with E-state index in [2.05, 4.69) is 4.90 Å². The Morgan fingerprint density at radius 3 is 2.12 bits per heavy atom. The average molecular weight is 496 g/mol. The van der Waals surface area contributed by atoms with Crippen LogP contribution in [-0.2, 0) is 22.7 Å². The molecule has 0 spiro atoms. The summed E-state index contributed by atoms with van der Waals surface area (Å²) in [6.07, 6.45) is -1.65. The van der Waals surface area contributed by atoms with Gasteiger partial charge >= 0.3 is 6.18 Å². The second kappa shape index (κ2) is 10.1. The maximum Gasteiger partial charge on any atom is 0.416 e. The van der Waals surface area contributed by atoms with Gasteiger partial charge in [-0.15, -0.1) is 0 Å². The minimum atomic E-state index is -4.35. The molecule has 2 fully saturated rings. The number of rotatable bonds is 5. The highest BCUT2D eigenvalue weighted by Gasteiger charge is 2.30. The van der Waals surface area contributed by atoms with Crippen LogP contribution in [0, 0.1) is 0 Å². The van der Waals surface area contributed by atoms with E-state index in [1.54, 1.807) is 17.0 Å². The Morgan fingerprint density at radius 2 is 1.50 bits per heavy atom. The number of halogens is 3. The molecule has 10 heteroatoms. The summed E-state index contributed by atoms with van der Waals surface area (Å²) >= 11 is 0. The highest BCUT2D eigenvalue weighted by atomic mass is 32.2. The standard InChI is InChI=1S/C24H28F3N3O3S/c25-24(26,27)21-9-7-19(8-10-21)18-28-13-15-29(16-14-28)23(31)20-5-4-6-22(17-20)34(32,33)30-11-2-1-3-12-30/h4-10,17H,1-3,11-16,18H2. The summed E-state index contributed by atoms with van der Waals surface area (Å²) in [6, 6.07) is 11.4. The zero-order valence-corrected chi connectivity index (χ0v) is 19.6. The number of hydrogen-bond donors (Lipinski definition) is 0. The van der Waals surface area contributed by atoms with E-state index in [9.17, 15) is 26.4 Å². The Hall–Kier alpha value is -2.43. The van der Waals surface area contributed by atoms with Crippen molar-refractivity contribution >= 4 is 15.9 Å². The second-order valence-electron chi connectivity index (χ2n) is 8.76. The third kappa shape index (κ3) is 5.61. The van der Waals surface area contributed by atoms with Crippen LogP contribution in [0.5, 0.6) is 0 Å². The van der Waals surface area contributed by atoms with Crippen molar-refractivity contribution in [1.82, 2.24) is 14.1 Å². The first-order valence-corrected chi connectivity index (χ1v) is 12.9. The summed E-state index contributed by atoms with van der Waals surface area (Å²) in [5, 5.41) is 0. The van der Waals surface area contributed by atoms with Crippen LogP contribution in [0.3, 0.4) is 0 Å². The Bertz CT molecular complexity index is 1110. The molecule has 0 radical (unpaired) electrons. The first kappa shape index (κ1) is 24.7. The van der Waals surface area contributed by atoms with Crippen LogP contribution in [0.2, 0.25) is 0 Å². The van der Waals surface area contributed by atoms with Gasteiger partial charge in [-0.25, -0.2) is 8.42 Å². The monoisotopic (exact) mass is 495 g/mol. The summed E-state index contributed by atoms with van der Waals surface area (Å²) in [5.74, 6) is -0.218. The van der Waals surface area contributed by atoms with Crippen LogP contribution < -0.4 is 0 Å². The summed E-state index contributed by atoms with van der Waals surface area (Å²) in [6.45, 7) is 3.59. The fourth-order valence-electron chi connectivity index (χ4n) is 4.39. The van der Waals surface area contributed by atoms with E-state index in [1.165, 1.54) is 28.6 Å². The van der Waals surface area contributed by atoms with Gasteiger partial charge in [-0.05, 0) is 48.7 Å². The van der Waals surface area contributed by atoms with Crippen LogP contribution in [0.1, 0.15) is 40.7 Å². The van der Waals surface area contributed by atoms with Gasteiger partial charge in [0.1, 0.15) is 0 Å². The van der Waals surface area contributed by atoms with Crippen molar-refractivity contribution in [3.8, 4) is 0 Å². The molecule has 2 aromatic rings. The lowest BCUT2D eigenvalue weighted by molar-refractivity contribution is -0.137. The molecule has 2 aliphatic rings. The molecule has 0 atom stereocenters. The van der Waals surface area contributed by atoms with Crippen molar-refractivity contribution in [3.05, 3.63) is 65.2 Å². The van der Waals surface area contributed by atoms with E-state index in [0.29, 0.717) is 51.4 Å². The van der Waals surface area contributed by atoms with Gasteiger partial charge in [0.25, 0.3) is 5.91 Å². The summed E-state index contributed by atoms with van der Waals surface area (Å²) in [4.78, 5) is 17.0. The predicted molar refractivity (Wildman–Crippen MR) is 122 cm³/mol. The van der Waals surface area contributed by atoms with E-state index in [4.69, 9.17) is 0 Å². The molecule has 2 heterocycles. The molecule has 2 aromatic carbocycles. The molecule has 0 aromatic heterocycles. The van der Waals surface area contributed by atoms with Crippen molar-refractivity contribution < 1.29 is 26.4 Å². The van der Waals surface area contributed by atoms with Gasteiger partial charge in [0.05, 0.1) is 10.5 Å². The molecule has 6 nitrogen and oxygen atoms in total. The van der Waals surface area contributed by atoms with E-state index in [0.717, 1.165) is 37.0 Å². The molecule has 2 saturated heterocycles. The van der Waals surface area contributed by atoms with Gasteiger partial charge in [0.15, 0.2) is 0 Å². The van der Waals surface area contributed by atoms with E-state index in [1.807, 2.05) is 0 Å². The van der Waals surface area contributed by atoms with Crippen LogP contribution in [-0.4, -0.2) is 67.7 Å². The van der Waals surface area contributed by atoms with Crippen LogP contribution in [0.15, 0.2) is 53.4 Å². The Morgan fingerprint density at radius 1 is 0.853 bits per heavy atom. The van der Waals surface area contributed by atoms with Gasteiger partial charge in [-0.2, -0.15) is 17.5 Å². The lowest BCUT2D eigenvalue weighted by Crippen LogP contribution is -2.48. The number of piperazine rings is 1. The summed E-state index contributed by atoms with van der Waals surface area (Å²) < 4.78 is 65.6. The second-order valence-corrected chi connectivity index (χ2v) is 10.7. The number of carbonyl (C=O) groups is 1. The molecule has 184 valence electrons. The van der Waals surface area contributed by atoms with Gasteiger partial charge in [0.2, 0.25) is 10.0 Å². The van der Waals surface area contributed by atoms with Crippen LogP contribution in [0.4, 0.5) is 13.2 Å². The number of sulfonamides is 1. The normalized spacial score (nSPS) is 18.7. The Kier molecular flexibility index (Phi) is 7.30. The Balaban J connectivity index is 1.36. The largest absolute Gasteiger partial charge is 0.416 e. The highest BCUT2D eigenvalue weighted by Crippen LogP contribution is 2.29. The minimum absolute atomic E-state index is 0.140. The van der Waals surface area contributed by atoms with Crippen molar-refractivity contribution in [2.75, 3.05) is 39.3 Å². The first-order valence-electron chi connectivity index (χ1n) is 11.4. The van der Waals surface area contributed by atoms with Crippen LogP contribution in [0.25, 0.3) is 0 Å². The number of piperidine rings is 1. The number of alkyl halides is 3. The zero-order valence-electron chi connectivity index (χ0n) is 18.8. The first-order chi connectivity index (χ1) is 16.1. The lowest BCUT2D eigenvalue weighted by atomic mass is 10.1. The molecule has 2 aliphatic heterocycles. The highest BCUT2D eigenvalue weighted by molar-refractivity contribution is 7.89. The minimum Gasteiger partial charge on any atom is -0.336 e. The molecule has 1 amide bonds. The van der Waals surface area contributed by atoms with Gasteiger partial charge in [0, 0.05) is 51.4 Å². The number of benzene rings is 2. The van der Waals surface area contributed by atoms with Crippen molar-refractivity contribution in [2.45, 2.75) is 36.9 Å². The molecular formula is C24H28F3N3O3S. The number of nitrogens with zero attached hydrogens (tertiary/aromatic N) is 3.